The molecular weight excluding hydrogens is 348 g/mol. The minimum atomic E-state index is -0.118. The molecule has 0 radical (unpaired) electrons. The molecule has 2 aromatic rings. The molecule has 1 saturated heterocycles. The van der Waals surface area contributed by atoms with E-state index in [9.17, 15) is 4.79 Å². The van der Waals surface area contributed by atoms with Crippen LogP contribution >= 0.6 is 0 Å². The van der Waals surface area contributed by atoms with Gasteiger partial charge in [-0.3, -0.25) is 4.79 Å². The fraction of sp³-hybridized carbons (Fsp3) is 0.375. The summed E-state index contributed by atoms with van der Waals surface area (Å²) in [6.45, 7) is 4.76. The van der Waals surface area contributed by atoms with Gasteiger partial charge in [0.25, 0.3) is 0 Å². The molecule has 4 nitrogen and oxygen atoms in total. The molecule has 1 heterocycles. The first kappa shape index (κ1) is 20.3. The second-order valence-electron chi connectivity index (χ2n) is 8.21. The van der Waals surface area contributed by atoms with E-state index < -0.39 is 0 Å². The average molecular weight is 380 g/mol. The summed E-state index contributed by atoms with van der Waals surface area (Å²) < 4.78 is 6.46. The number of benzene rings is 2. The van der Waals surface area contributed by atoms with Gasteiger partial charge in [-0.05, 0) is 30.7 Å². The topological polar surface area (TPSA) is 38.3 Å². The van der Waals surface area contributed by atoms with Gasteiger partial charge in [0.05, 0.1) is 33.4 Å². The molecule has 3 rings (SSSR count). The lowest BCUT2D eigenvalue weighted by molar-refractivity contribution is -0.929. The summed E-state index contributed by atoms with van der Waals surface area (Å²) in [4.78, 5) is 12.2. The van der Waals surface area contributed by atoms with Gasteiger partial charge in [0.2, 0.25) is 5.91 Å². The van der Waals surface area contributed by atoms with Crippen LogP contribution in [0.15, 0.2) is 54.6 Å². The zero-order chi connectivity index (χ0) is 20.0. The SMILES string of the molecule is Cc1cccc(C=CC(=O)Nc2ccc(C[N+](C)(C)C3CCOCC3)cc2)c1. The Bertz CT molecular complexity index is 819. The van der Waals surface area contributed by atoms with Crippen LogP contribution in [-0.4, -0.2) is 43.7 Å². The third-order valence-electron chi connectivity index (χ3n) is 5.46. The Morgan fingerprint density at radius 1 is 1.14 bits per heavy atom. The molecule has 4 heteroatoms. The highest BCUT2D eigenvalue weighted by Gasteiger charge is 2.30. The van der Waals surface area contributed by atoms with E-state index in [1.807, 2.05) is 43.3 Å². The number of carbonyl (C=O) groups excluding carboxylic acids is 1. The van der Waals surface area contributed by atoms with Crippen LogP contribution in [0, 0.1) is 6.92 Å². The number of nitrogens with one attached hydrogen (secondary N) is 1. The molecule has 0 unspecified atom stereocenters. The van der Waals surface area contributed by atoms with Crippen molar-refractivity contribution in [2.45, 2.75) is 32.4 Å². The number of carbonyl (C=O) groups is 1. The summed E-state index contributed by atoms with van der Waals surface area (Å²) in [7, 11) is 4.59. The number of nitrogens with zero attached hydrogens (tertiary/aromatic N) is 1. The van der Waals surface area contributed by atoms with Crippen LogP contribution in [0.1, 0.15) is 29.5 Å². The van der Waals surface area contributed by atoms with Crippen molar-refractivity contribution in [2.24, 2.45) is 0 Å². The van der Waals surface area contributed by atoms with Gasteiger partial charge in [-0.15, -0.1) is 0 Å². The van der Waals surface area contributed by atoms with Crippen molar-refractivity contribution in [3.8, 4) is 0 Å². The van der Waals surface area contributed by atoms with E-state index in [4.69, 9.17) is 4.74 Å². The van der Waals surface area contributed by atoms with Crippen molar-refractivity contribution in [2.75, 3.05) is 32.6 Å². The molecule has 0 aliphatic carbocycles. The molecule has 1 amide bonds. The highest BCUT2D eigenvalue weighted by atomic mass is 16.5. The smallest absolute Gasteiger partial charge is 0.248 e. The largest absolute Gasteiger partial charge is 0.381 e. The Labute approximate surface area is 168 Å². The van der Waals surface area contributed by atoms with E-state index in [1.54, 1.807) is 6.08 Å². The Hall–Kier alpha value is -2.43. The van der Waals surface area contributed by atoms with Crippen LogP contribution in [0.25, 0.3) is 6.08 Å². The van der Waals surface area contributed by atoms with Gasteiger partial charge in [0.15, 0.2) is 0 Å². The van der Waals surface area contributed by atoms with Crippen LogP contribution in [0.4, 0.5) is 5.69 Å². The molecule has 1 aliphatic rings. The predicted octanol–water partition coefficient (Wildman–Crippen LogP) is 4.40. The lowest BCUT2D eigenvalue weighted by Gasteiger charge is -2.40. The van der Waals surface area contributed by atoms with E-state index in [2.05, 4.69) is 37.6 Å². The van der Waals surface area contributed by atoms with Gasteiger partial charge >= 0.3 is 0 Å². The minimum Gasteiger partial charge on any atom is -0.381 e. The van der Waals surface area contributed by atoms with Gasteiger partial charge in [-0.25, -0.2) is 0 Å². The van der Waals surface area contributed by atoms with Crippen molar-refractivity contribution in [1.29, 1.82) is 0 Å². The second-order valence-corrected chi connectivity index (χ2v) is 8.21. The van der Waals surface area contributed by atoms with E-state index >= 15 is 0 Å². The monoisotopic (exact) mass is 379 g/mol. The summed E-state index contributed by atoms with van der Waals surface area (Å²) in [5, 5.41) is 2.93. The molecule has 0 saturated carbocycles. The maximum absolute atomic E-state index is 12.2. The number of ether oxygens (including phenoxy) is 1. The molecule has 0 aromatic heterocycles. The zero-order valence-corrected chi connectivity index (χ0v) is 17.2. The quantitative estimate of drug-likeness (QED) is 0.597. The minimum absolute atomic E-state index is 0.118. The molecule has 1 fully saturated rings. The Kier molecular flexibility index (Phi) is 6.65. The molecule has 0 spiro atoms. The lowest BCUT2D eigenvalue weighted by atomic mass is 10.0. The Balaban J connectivity index is 1.55. The lowest BCUT2D eigenvalue weighted by Crippen LogP contribution is -2.50. The van der Waals surface area contributed by atoms with Crippen LogP contribution in [0.5, 0.6) is 0 Å². The van der Waals surface area contributed by atoms with E-state index in [1.165, 1.54) is 11.1 Å². The van der Waals surface area contributed by atoms with Crippen molar-refractivity contribution < 1.29 is 14.0 Å². The van der Waals surface area contributed by atoms with Gasteiger partial charge in [-0.2, -0.15) is 0 Å². The van der Waals surface area contributed by atoms with Crippen molar-refractivity contribution in [3.05, 3.63) is 71.3 Å². The zero-order valence-electron chi connectivity index (χ0n) is 17.2. The fourth-order valence-electron chi connectivity index (χ4n) is 3.81. The van der Waals surface area contributed by atoms with E-state index in [-0.39, 0.29) is 5.91 Å². The standard InChI is InChI=1S/C24H30N2O2/c1-19-5-4-6-20(17-19)9-12-24(27)25-22-10-7-21(8-11-22)18-26(2,3)23-13-15-28-16-14-23/h4-12,17,23H,13-16,18H2,1-3H3/p+1. The maximum Gasteiger partial charge on any atom is 0.248 e. The third kappa shape index (κ3) is 5.78. The van der Waals surface area contributed by atoms with Gasteiger partial charge in [-0.1, -0.05) is 42.0 Å². The summed E-state index contributed by atoms with van der Waals surface area (Å²) >= 11 is 0. The highest BCUT2D eigenvalue weighted by Crippen LogP contribution is 2.22. The molecule has 1 aliphatic heterocycles. The van der Waals surface area contributed by atoms with Crippen LogP contribution in [-0.2, 0) is 16.1 Å². The first-order valence-corrected chi connectivity index (χ1v) is 9.97. The summed E-state index contributed by atoms with van der Waals surface area (Å²) in [6.07, 6.45) is 5.65. The summed E-state index contributed by atoms with van der Waals surface area (Å²) in [5.74, 6) is -0.118. The molecule has 1 N–H and O–H groups in total. The molecular formula is C24H31N2O2+. The number of aryl methyl sites for hydroxylation is 1. The van der Waals surface area contributed by atoms with E-state index in [0.717, 1.165) is 48.3 Å². The molecule has 0 atom stereocenters. The van der Waals surface area contributed by atoms with Crippen molar-refractivity contribution >= 4 is 17.7 Å². The van der Waals surface area contributed by atoms with Gasteiger partial charge in [0, 0.05) is 30.2 Å². The Morgan fingerprint density at radius 3 is 2.54 bits per heavy atom. The third-order valence-corrected chi connectivity index (χ3v) is 5.46. The van der Waals surface area contributed by atoms with Gasteiger partial charge in [0.1, 0.15) is 6.54 Å². The summed E-state index contributed by atoms with van der Waals surface area (Å²) in [5.41, 5.74) is 4.31. The number of quaternary nitrogens is 1. The first-order chi connectivity index (χ1) is 13.4. The number of hydrogen-bond donors (Lipinski definition) is 1. The molecule has 148 valence electrons. The Morgan fingerprint density at radius 2 is 1.86 bits per heavy atom. The van der Waals surface area contributed by atoms with Crippen molar-refractivity contribution in [1.82, 2.24) is 0 Å². The number of amides is 1. The van der Waals surface area contributed by atoms with E-state index in [0.29, 0.717) is 6.04 Å². The van der Waals surface area contributed by atoms with Crippen molar-refractivity contribution in [3.63, 3.8) is 0 Å². The predicted molar refractivity (Wildman–Crippen MR) is 115 cm³/mol. The number of rotatable bonds is 6. The fourth-order valence-corrected chi connectivity index (χ4v) is 3.81. The first-order valence-electron chi connectivity index (χ1n) is 9.97. The average Bonchev–Trinajstić information content (AvgIpc) is 2.68. The maximum atomic E-state index is 12.2. The number of anilines is 1. The van der Waals surface area contributed by atoms with Crippen LogP contribution in [0.2, 0.25) is 0 Å². The van der Waals surface area contributed by atoms with Gasteiger partial charge < -0.3 is 14.5 Å². The highest BCUT2D eigenvalue weighted by molar-refractivity contribution is 6.01. The molecule has 28 heavy (non-hydrogen) atoms. The molecule has 2 aromatic carbocycles. The number of hydrogen-bond acceptors (Lipinski definition) is 2. The van der Waals surface area contributed by atoms with Crippen LogP contribution in [0.3, 0.4) is 0 Å². The summed E-state index contributed by atoms with van der Waals surface area (Å²) in [6, 6.07) is 16.9. The molecule has 0 bridgehead atoms. The van der Waals surface area contributed by atoms with Crippen LogP contribution < -0.4 is 5.32 Å². The normalized spacial score (nSPS) is 15.7. The second kappa shape index (κ2) is 9.18.